The van der Waals surface area contributed by atoms with Gasteiger partial charge in [0, 0.05) is 12.6 Å². The molecule has 0 unspecified atom stereocenters. The number of fused-ring (bicyclic) bond motifs is 1. The van der Waals surface area contributed by atoms with E-state index in [4.69, 9.17) is 4.42 Å². The van der Waals surface area contributed by atoms with Crippen LogP contribution in [0.4, 0.5) is 0 Å². The van der Waals surface area contributed by atoms with Crippen molar-refractivity contribution in [3.8, 4) is 0 Å². The van der Waals surface area contributed by atoms with Crippen LogP contribution in [0.2, 0.25) is 0 Å². The molecule has 3 aromatic rings. The number of carbonyl (C=O) groups is 1. The Morgan fingerprint density at radius 1 is 1.03 bits per heavy atom. The Labute approximate surface area is 189 Å². The molecule has 1 atom stereocenters. The van der Waals surface area contributed by atoms with Crippen LogP contribution in [0.5, 0.6) is 0 Å². The van der Waals surface area contributed by atoms with Crippen LogP contribution in [0.25, 0.3) is 11.0 Å². The zero-order valence-corrected chi connectivity index (χ0v) is 19.2. The van der Waals surface area contributed by atoms with Gasteiger partial charge in [0.25, 0.3) is 5.91 Å². The highest BCUT2D eigenvalue weighted by Gasteiger charge is 2.24. The lowest BCUT2D eigenvalue weighted by atomic mass is 9.99. The number of nitrogens with zero attached hydrogens (tertiary/aromatic N) is 1. The van der Waals surface area contributed by atoms with Gasteiger partial charge in [-0.25, -0.2) is 0 Å². The number of aryl methyl sites for hydroxylation is 3. The molecule has 2 heterocycles. The summed E-state index contributed by atoms with van der Waals surface area (Å²) in [4.78, 5) is 28.0. The molecule has 1 fully saturated rings. The van der Waals surface area contributed by atoms with Gasteiger partial charge in [0.1, 0.15) is 5.58 Å². The maximum absolute atomic E-state index is 12.9. The molecule has 1 aliphatic rings. The van der Waals surface area contributed by atoms with Gasteiger partial charge in [-0.3, -0.25) is 14.5 Å². The summed E-state index contributed by atoms with van der Waals surface area (Å²) in [6.07, 6.45) is 4.61. The third-order valence-corrected chi connectivity index (χ3v) is 6.63. The minimum atomic E-state index is -0.352. The molecule has 5 heteroatoms. The number of rotatable bonds is 6. The van der Waals surface area contributed by atoms with Crippen LogP contribution >= 0.6 is 0 Å². The number of piperidine rings is 1. The maximum atomic E-state index is 12.9. The van der Waals surface area contributed by atoms with E-state index in [2.05, 4.69) is 41.4 Å². The number of nitrogens with one attached hydrogen (secondary N) is 1. The molecule has 0 saturated carbocycles. The van der Waals surface area contributed by atoms with E-state index >= 15 is 0 Å². The summed E-state index contributed by atoms with van der Waals surface area (Å²) in [6, 6.07) is 13.7. The number of carbonyl (C=O) groups excluding carboxylic acids is 1. The van der Waals surface area contributed by atoms with Crippen LogP contribution in [0.3, 0.4) is 0 Å². The predicted octanol–water partition coefficient (Wildman–Crippen LogP) is 4.93. The minimum absolute atomic E-state index is 0.0597. The van der Waals surface area contributed by atoms with E-state index in [1.165, 1.54) is 36.5 Å². The first-order valence-electron chi connectivity index (χ1n) is 11.6. The predicted molar refractivity (Wildman–Crippen MR) is 128 cm³/mol. The molecule has 0 spiro atoms. The molecule has 168 valence electrons. The van der Waals surface area contributed by atoms with E-state index in [-0.39, 0.29) is 23.1 Å². The average Bonchev–Trinajstić information content (AvgIpc) is 2.81. The van der Waals surface area contributed by atoms with E-state index in [0.717, 1.165) is 30.6 Å². The summed E-state index contributed by atoms with van der Waals surface area (Å²) in [5, 5.41) is 3.53. The smallest absolute Gasteiger partial charge is 0.287 e. The van der Waals surface area contributed by atoms with Crippen LogP contribution in [0.1, 0.15) is 65.0 Å². The number of amides is 1. The topological polar surface area (TPSA) is 62.6 Å². The van der Waals surface area contributed by atoms with E-state index in [9.17, 15) is 9.59 Å². The quantitative estimate of drug-likeness (QED) is 0.600. The fraction of sp³-hybridized carbons (Fsp3) is 0.407. The average molecular weight is 433 g/mol. The van der Waals surface area contributed by atoms with Crippen molar-refractivity contribution in [1.29, 1.82) is 0 Å². The Kier molecular flexibility index (Phi) is 6.75. The third kappa shape index (κ3) is 4.78. The first kappa shape index (κ1) is 22.3. The van der Waals surface area contributed by atoms with Gasteiger partial charge in [0.05, 0.1) is 11.4 Å². The molecule has 32 heavy (non-hydrogen) atoms. The lowest BCUT2D eigenvalue weighted by Crippen LogP contribution is -2.40. The number of benzene rings is 2. The second-order valence-corrected chi connectivity index (χ2v) is 8.83. The fourth-order valence-corrected chi connectivity index (χ4v) is 4.46. The fourth-order valence-electron chi connectivity index (χ4n) is 4.46. The molecule has 2 aromatic carbocycles. The summed E-state index contributed by atoms with van der Waals surface area (Å²) >= 11 is 0. The van der Waals surface area contributed by atoms with Gasteiger partial charge in [-0.05, 0) is 80.6 Å². The van der Waals surface area contributed by atoms with Crippen molar-refractivity contribution in [2.45, 2.75) is 52.5 Å². The van der Waals surface area contributed by atoms with Gasteiger partial charge < -0.3 is 9.73 Å². The van der Waals surface area contributed by atoms with Crippen LogP contribution in [-0.4, -0.2) is 30.4 Å². The molecular weight excluding hydrogens is 400 g/mol. The monoisotopic (exact) mass is 432 g/mol. The molecule has 1 N–H and O–H groups in total. The van der Waals surface area contributed by atoms with Crippen LogP contribution in [0, 0.1) is 13.8 Å². The molecule has 1 aliphatic heterocycles. The molecule has 1 saturated heterocycles. The van der Waals surface area contributed by atoms with Gasteiger partial charge >= 0.3 is 0 Å². The molecule has 0 radical (unpaired) electrons. The van der Waals surface area contributed by atoms with Gasteiger partial charge in [-0.1, -0.05) is 37.6 Å². The standard InChI is InChI=1S/C27H32N2O3/c1-4-20-8-10-21(11-9-20)23(29-12-6-5-7-13-29)17-28-27(31)26-16-24(30)22-14-18(2)19(3)15-25(22)32-26/h8-11,14-16,23H,4-7,12-13,17H2,1-3H3,(H,28,31)/t23-/m0/s1. The highest BCUT2D eigenvalue weighted by molar-refractivity contribution is 5.93. The Hall–Kier alpha value is -2.92. The molecule has 1 aromatic heterocycles. The van der Waals surface area contributed by atoms with Crippen molar-refractivity contribution in [2.75, 3.05) is 19.6 Å². The van der Waals surface area contributed by atoms with E-state index in [1.54, 1.807) is 0 Å². The summed E-state index contributed by atoms with van der Waals surface area (Å²) in [5.74, 6) is -0.293. The van der Waals surface area contributed by atoms with Crippen molar-refractivity contribution < 1.29 is 9.21 Å². The van der Waals surface area contributed by atoms with E-state index < -0.39 is 0 Å². The highest BCUT2D eigenvalue weighted by Crippen LogP contribution is 2.25. The molecule has 0 bridgehead atoms. The Morgan fingerprint density at radius 2 is 1.72 bits per heavy atom. The highest BCUT2D eigenvalue weighted by atomic mass is 16.3. The van der Waals surface area contributed by atoms with Gasteiger partial charge in [-0.15, -0.1) is 0 Å². The lowest BCUT2D eigenvalue weighted by molar-refractivity contribution is 0.0897. The lowest BCUT2D eigenvalue weighted by Gasteiger charge is -2.35. The zero-order valence-electron chi connectivity index (χ0n) is 19.2. The van der Waals surface area contributed by atoms with Crippen LogP contribution in [0.15, 0.2) is 51.7 Å². The normalized spacial score (nSPS) is 15.6. The number of hydrogen-bond acceptors (Lipinski definition) is 4. The molecule has 4 rings (SSSR count). The maximum Gasteiger partial charge on any atom is 0.287 e. The summed E-state index contributed by atoms with van der Waals surface area (Å²) in [6.45, 7) is 8.60. The van der Waals surface area contributed by atoms with Crippen molar-refractivity contribution >= 4 is 16.9 Å². The molecule has 5 nitrogen and oxygen atoms in total. The summed E-state index contributed by atoms with van der Waals surface area (Å²) in [5.41, 5.74) is 4.82. The summed E-state index contributed by atoms with van der Waals surface area (Å²) < 4.78 is 5.83. The van der Waals surface area contributed by atoms with Crippen molar-refractivity contribution in [3.05, 3.63) is 80.7 Å². The Bertz CT molecular complexity index is 1160. The zero-order chi connectivity index (χ0) is 22.7. The van der Waals surface area contributed by atoms with Crippen LogP contribution in [-0.2, 0) is 6.42 Å². The van der Waals surface area contributed by atoms with Crippen molar-refractivity contribution in [2.24, 2.45) is 0 Å². The Morgan fingerprint density at radius 3 is 2.41 bits per heavy atom. The van der Waals surface area contributed by atoms with Gasteiger partial charge in [-0.2, -0.15) is 0 Å². The first-order chi connectivity index (χ1) is 15.5. The third-order valence-electron chi connectivity index (χ3n) is 6.63. The van der Waals surface area contributed by atoms with Crippen molar-refractivity contribution in [1.82, 2.24) is 10.2 Å². The van der Waals surface area contributed by atoms with Crippen molar-refractivity contribution in [3.63, 3.8) is 0 Å². The molecule has 1 amide bonds. The van der Waals surface area contributed by atoms with Gasteiger partial charge in [0.2, 0.25) is 0 Å². The van der Waals surface area contributed by atoms with Gasteiger partial charge in [0.15, 0.2) is 11.2 Å². The summed E-state index contributed by atoms with van der Waals surface area (Å²) in [7, 11) is 0. The largest absolute Gasteiger partial charge is 0.451 e. The number of hydrogen-bond donors (Lipinski definition) is 1. The van der Waals surface area contributed by atoms with Crippen LogP contribution < -0.4 is 10.7 Å². The first-order valence-corrected chi connectivity index (χ1v) is 11.6. The number of likely N-dealkylation sites (tertiary alicyclic amines) is 1. The Balaban J connectivity index is 1.56. The second kappa shape index (κ2) is 9.70. The minimum Gasteiger partial charge on any atom is -0.451 e. The van der Waals surface area contributed by atoms with E-state index in [0.29, 0.717) is 17.5 Å². The molecule has 0 aliphatic carbocycles. The van der Waals surface area contributed by atoms with E-state index in [1.807, 2.05) is 26.0 Å². The molecular formula is C27H32N2O3. The second-order valence-electron chi connectivity index (χ2n) is 8.83. The SMILES string of the molecule is CCc1ccc([C@H](CNC(=O)c2cc(=O)c3cc(C)c(C)cc3o2)N2CCCCC2)cc1.